The summed E-state index contributed by atoms with van der Waals surface area (Å²) in [5, 5.41) is 0. The number of nitrogens with two attached hydrogens (primary N) is 1. The first-order valence-corrected chi connectivity index (χ1v) is 6.87. The van der Waals surface area contributed by atoms with Gasteiger partial charge in [0.25, 0.3) is 0 Å². The lowest BCUT2D eigenvalue weighted by Gasteiger charge is -2.24. The minimum atomic E-state index is 0.736. The van der Waals surface area contributed by atoms with E-state index in [-0.39, 0.29) is 0 Å². The smallest absolute Gasteiger partial charge is 0.0366 e. The lowest BCUT2D eigenvalue weighted by molar-refractivity contribution is 0.708. The first kappa shape index (κ1) is 12.4. The standard InChI is InChI=1S/C15H24N2/c1-2-11-17(12-14-3-4-14)15-7-5-13(6-8-15)9-10-16/h5-8,14H,2-4,9-12,16H2,1H3. The van der Waals surface area contributed by atoms with Gasteiger partial charge in [-0.3, -0.25) is 0 Å². The lowest BCUT2D eigenvalue weighted by Crippen LogP contribution is -2.26. The van der Waals surface area contributed by atoms with Crippen LogP contribution in [0.25, 0.3) is 0 Å². The molecule has 1 aliphatic carbocycles. The van der Waals surface area contributed by atoms with Crippen molar-refractivity contribution in [3.05, 3.63) is 29.8 Å². The van der Waals surface area contributed by atoms with Crippen molar-refractivity contribution in [2.24, 2.45) is 11.7 Å². The van der Waals surface area contributed by atoms with Crippen LogP contribution >= 0.6 is 0 Å². The summed E-state index contributed by atoms with van der Waals surface area (Å²) in [5.41, 5.74) is 8.29. The van der Waals surface area contributed by atoms with Crippen LogP contribution in [0.15, 0.2) is 24.3 Å². The Morgan fingerprint density at radius 3 is 2.47 bits per heavy atom. The van der Waals surface area contributed by atoms with E-state index in [1.807, 2.05) is 0 Å². The van der Waals surface area contributed by atoms with E-state index < -0.39 is 0 Å². The Morgan fingerprint density at radius 1 is 1.24 bits per heavy atom. The second-order valence-corrected chi connectivity index (χ2v) is 5.09. The van der Waals surface area contributed by atoms with Crippen LogP contribution in [0, 0.1) is 5.92 Å². The van der Waals surface area contributed by atoms with Gasteiger partial charge in [-0.1, -0.05) is 19.1 Å². The maximum Gasteiger partial charge on any atom is 0.0366 e. The molecule has 0 aromatic heterocycles. The van der Waals surface area contributed by atoms with Crippen molar-refractivity contribution in [2.45, 2.75) is 32.6 Å². The molecule has 0 bridgehead atoms. The molecule has 1 fully saturated rings. The number of benzene rings is 1. The van der Waals surface area contributed by atoms with Crippen LogP contribution in [0.1, 0.15) is 31.7 Å². The van der Waals surface area contributed by atoms with Gasteiger partial charge in [0.05, 0.1) is 0 Å². The highest BCUT2D eigenvalue weighted by Crippen LogP contribution is 2.31. The molecule has 0 amide bonds. The predicted octanol–water partition coefficient (Wildman–Crippen LogP) is 2.81. The summed E-state index contributed by atoms with van der Waals surface area (Å²) in [4.78, 5) is 2.53. The van der Waals surface area contributed by atoms with Gasteiger partial charge < -0.3 is 10.6 Å². The number of anilines is 1. The van der Waals surface area contributed by atoms with E-state index in [0.29, 0.717) is 0 Å². The summed E-state index contributed by atoms with van der Waals surface area (Å²) in [6.07, 6.45) is 5.05. The van der Waals surface area contributed by atoms with Gasteiger partial charge in [-0.15, -0.1) is 0 Å². The first-order valence-electron chi connectivity index (χ1n) is 6.87. The van der Waals surface area contributed by atoms with Crippen molar-refractivity contribution < 1.29 is 0 Å². The molecule has 0 spiro atoms. The summed E-state index contributed by atoms with van der Waals surface area (Å²) in [6, 6.07) is 8.95. The fourth-order valence-electron chi connectivity index (χ4n) is 2.25. The molecule has 0 saturated heterocycles. The van der Waals surface area contributed by atoms with Gasteiger partial charge in [-0.2, -0.15) is 0 Å². The van der Waals surface area contributed by atoms with Gasteiger partial charge in [0.2, 0.25) is 0 Å². The molecule has 0 aliphatic heterocycles. The zero-order valence-electron chi connectivity index (χ0n) is 10.9. The number of nitrogens with zero attached hydrogens (tertiary/aromatic N) is 1. The third-order valence-corrected chi connectivity index (χ3v) is 3.40. The van der Waals surface area contributed by atoms with Crippen LogP contribution in [0.3, 0.4) is 0 Å². The molecule has 2 N–H and O–H groups in total. The van der Waals surface area contributed by atoms with E-state index in [1.54, 1.807) is 0 Å². The monoisotopic (exact) mass is 232 g/mol. The Kier molecular flexibility index (Phi) is 4.43. The summed E-state index contributed by atoms with van der Waals surface area (Å²) in [5.74, 6) is 0.949. The Morgan fingerprint density at radius 2 is 1.94 bits per heavy atom. The Labute approximate surface area is 105 Å². The van der Waals surface area contributed by atoms with Gasteiger partial charge >= 0.3 is 0 Å². The first-order chi connectivity index (χ1) is 8.33. The highest BCUT2D eigenvalue weighted by atomic mass is 15.1. The van der Waals surface area contributed by atoms with Crippen LogP contribution in [0.4, 0.5) is 5.69 Å². The molecule has 1 aromatic rings. The zero-order valence-corrected chi connectivity index (χ0v) is 10.9. The van der Waals surface area contributed by atoms with Crippen LogP contribution in [-0.2, 0) is 6.42 Å². The second kappa shape index (κ2) is 6.06. The average Bonchev–Trinajstić information content (AvgIpc) is 3.14. The fraction of sp³-hybridized carbons (Fsp3) is 0.600. The summed E-state index contributed by atoms with van der Waals surface area (Å²) >= 11 is 0. The lowest BCUT2D eigenvalue weighted by atomic mass is 10.1. The van der Waals surface area contributed by atoms with Crippen LogP contribution in [-0.4, -0.2) is 19.6 Å². The van der Waals surface area contributed by atoms with E-state index in [0.717, 1.165) is 18.9 Å². The molecule has 1 saturated carbocycles. The number of hydrogen-bond acceptors (Lipinski definition) is 2. The molecule has 1 aromatic carbocycles. The normalized spacial score (nSPS) is 14.9. The van der Waals surface area contributed by atoms with Crippen molar-refractivity contribution >= 4 is 5.69 Å². The summed E-state index contributed by atoms with van der Waals surface area (Å²) in [7, 11) is 0. The predicted molar refractivity (Wildman–Crippen MR) is 74.4 cm³/mol. The van der Waals surface area contributed by atoms with Crippen LogP contribution < -0.4 is 10.6 Å². The van der Waals surface area contributed by atoms with Gasteiger partial charge in [0.15, 0.2) is 0 Å². The molecule has 94 valence electrons. The maximum absolute atomic E-state index is 5.57. The Hall–Kier alpha value is -1.02. The molecule has 2 heteroatoms. The van der Waals surface area contributed by atoms with Gasteiger partial charge in [0.1, 0.15) is 0 Å². The van der Waals surface area contributed by atoms with Gasteiger partial charge in [0, 0.05) is 18.8 Å². The summed E-state index contributed by atoms with van der Waals surface area (Å²) < 4.78 is 0. The zero-order chi connectivity index (χ0) is 12.1. The molecule has 0 heterocycles. The third kappa shape index (κ3) is 3.74. The minimum Gasteiger partial charge on any atom is -0.371 e. The quantitative estimate of drug-likeness (QED) is 0.783. The fourth-order valence-corrected chi connectivity index (χ4v) is 2.25. The second-order valence-electron chi connectivity index (χ2n) is 5.09. The minimum absolute atomic E-state index is 0.736. The highest BCUT2D eigenvalue weighted by molar-refractivity contribution is 5.47. The molecule has 0 atom stereocenters. The van der Waals surface area contributed by atoms with E-state index in [2.05, 4.69) is 36.1 Å². The largest absolute Gasteiger partial charge is 0.371 e. The van der Waals surface area contributed by atoms with E-state index in [1.165, 1.54) is 43.6 Å². The highest BCUT2D eigenvalue weighted by Gasteiger charge is 2.24. The average molecular weight is 232 g/mol. The molecule has 17 heavy (non-hydrogen) atoms. The van der Waals surface area contributed by atoms with Gasteiger partial charge in [-0.05, 0) is 55.8 Å². The van der Waals surface area contributed by atoms with Crippen LogP contribution in [0.5, 0.6) is 0 Å². The van der Waals surface area contributed by atoms with E-state index >= 15 is 0 Å². The van der Waals surface area contributed by atoms with Crippen molar-refractivity contribution in [2.75, 3.05) is 24.5 Å². The molecule has 0 radical (unpaired) electrons. The molecule has 1 aliphatic rings. The molecular formula is C15H24N2. The third-order valence-electron chi connectivity index (χ3n) is 3.40. The van der Waals surface area contributed by atoms with Crippen molar-refractivity contribution in [1.82, 2.24) is 0 Å². The van der Waals surface area contributed by atoms with Crippen LogP contribution in [0.2, 0.25) is 0 Å². The van der Waals surface area contributed by atoms with Crippen molar-refractivity contribution in [3.8, 4) is 0 Å². The SMILES string of the molecule is CCCN(CC1CC1)c1ccc(CCN)cc1. The topological polar surface area (TPSA) is 29.3 Å². The number of hydrogen-bond donors (Lipinski definition) is 1. The molecule has 2 nitrogen and oxygen atoms in total. The Balaban J connectivity index is 2.00. The van der Waals surface area contributed by atoms with E-state index in [4.69, 9.17) is 5.73 Å². The Bertz CT molecular complexity index is 327. The van der Waals surface area contributed by atoms with Crippen molar-refractivity contribution in [3.63, 3.8) is 0 Å². The summed E-state index contributed by atoms with van der Waals surface area (Å²) in [6.45, 7) is 5.40. The molecular weight excluding hydrogens is 208 g/mol. The number of rotatable bonds is 7. The molecule has 0 unspecified atom stereocenters. The van der Waals surface area contributed by atoms with E-state index in [9.17, 15) is 0 Å². The molecule has 2 rings (SSSR count). The van der Waals surface area contributed by atoms with Gasteiger partial charge in [-0.25, -0.2) is 0 Å². The maximum atomic E-state index is 5.57. The van der Waals surface area contributed by atoms with Crippen molar-refractivity contribution in [1.29, 1.82) is 0 Å².